The van der Waals surface area contributed by atoms with Crippen molar-refractivity contribution in [2.24, 2.45) is 0 Å². The Kier molecular flexibility index (Phi) is 5.46. The van der Waals surface area contributed by atoms with Crippen molar-refractivity contribution in [3.05, 3.63) is 112 Å². The van der Waals surface area contributed by atoms with Crippen molar-refractivity contribution in [3.8, 4) is 0 Å². The molecule has 2 N–H and O–H groups in total. The molecule has 0 spiro atoms. The maximum Gasteiger partial charge on any atom is 0.295 e. The quantitative estimate of drug-likeness (QED) is 0.170. The van der Waals surface area contributed by atoms with E-state index in [1.54, 1.807) is 11.0 Å². The van der Waals surface area contributed by atoms with Crippen LogP contribution in [-0.2, 0) is 16.0 Å². The van der Waals surface area contributed by atoms with Gasteiger partial charge in [-0.1, -0.05) is 54.6 Å². The predicted molar refractivity (Wildman–Crippen MR) is 144 cm³/mol. The van der Waals surface area contributed by atoms with Crippen LogP contribution in [0.4, 0.5) is 0 Å². The second kappa shape index (κ2) is 8.81. The van der Waals surface area contributed by atoms with Crippen LogP contribution in [0.1, 0.15) is 27.6 Å². The number of nitrogens with zero attached hydrogens (tertiary/aromatic N) is 1. The molecule has 178 valence electrons. The topological polar surface area (TPSA) is 73.4 Å². The monoisotopic (exact) mass is 492 g/mol. The van der Waals surface area contributed by atoms with Crippen LogP contribution in [0.15, 0.2) is 89.9 Å². The first-order valence-electron chi connectivity index (χ1n) is 11.9. The smallest absolute Gasteiger partial charge is 0.295 e. The number of aliphatic hydroxyl groups excluding tert-OH is 1. The number of carbonyl (C=O) groups is 2. The van der Waals surface area contributed by atoms with E-state index in [9.17, 15) is 14.7 Å². The standard InChI is InChI=1S/C30H24N2O3S/c1-18-13-15-36-29(18)26-25(27(33)21-11-10-19-6-2-3-7-20(19)16-21)28(34)30(35)32(26)14-12-22-17-31-24-9-5-4-8-23(22)24/h2-11,13,15-17,26,31,33H,12,14H2,1H3/b27-25-. The number of aromatic amines is 1. The minimum atomic E-state index is -0.641. The van der Waals surface area contributed by atoms with E-state index < -0.39 is 17.7 Å². The number of amides is 1. The van der Waals surface area contributed by atoms with Crippen LogP contribution in [0.3, 0.4) is 0 Å². The fourth-order valence-electron chi connectivity index (χ4n) is 5.12. The van der Waals surface area contributed by atoms with Crippen molar-refractivity contribution in [2.45, 2.75) is 19.4 Å². The number of Topliss-reactive ketones (excluding diaryl/α,β-unsaturated/α-hetero) is 1. The lowest BCUT2D eigenvalue weighted by atomic mass is 9.97. The van der Waals surface area contributed by atoms with Gasteiger partial charge in [0.15, 0.2) is 0 Å². The van der Waals surface area contributed by atoms with E-state index in [1.165, 1.54) is 11.3 Å². The molecule has 1 aliphatic heterocycles. The number of rotatable bonds is 5. The zero-order valence-corrected chi connectivity index (χ0v) is 20.5. The summed E-state index contributed by atoms with van der Waals surface area (Å²) in [5.74, 6) is -1.35. The first kappa shape index (κ1) is 22.3. The lowest BCUT2D eigenvalue weighted by Crippen LogP contribution is -2.31. The molecule has 5 nitrogen and oxygen atoms in total. The number of benzene rings is 3. The summed E-state index contributed by atoms with van der Waals surface area (Å²) in [7, 11) is 0. The van der Waals surface area contributed by atoms with Crippen molar-refractivity contribution in [3.63, 3.8) is 0 Å². The summed E-state index contributed by atoms with van der Waals surface area (Å²) in [5, 5.41) is 16.5. The molecule has 1 amide bonds. The summed E-state index contributed by atoms with van der Waals surface area (Å²) < 4.78 is 0. The predicted octanol–water partition coefficient (Wildman–Crippen LogP) is 6.36. The molecule has 6 heteroatoms. The third-order valence-corrected chi connectivity index (χ3v) is 8.08. The molecule has 0 saturated carbocycles. The van der Waals surface area contributed by atoms with E-state index in [2.05, 4.69) is 11.1 Å². The minimum absolute atomic E-state index is 0.133. The number of nitrogens with one attached hydrogen (secondary N) is 1. The van der Waals surface area contributed by atoms with Crippen LogP contribution in [0.25, 0.3) is 27.4 Å². The van der Waals surface area contributed by atoms with Gasteiger partial charge in [-0.05, 0) is 58.8 Å². The lowest BCUT2D eigenvalue weighted by Gasteiger charge is -2.25. The average molecular weight is 493 g/mol. The number of hydrogen-bond donors (Lipinski definition) is 2. The molecule has 0 aliphatic carbocycles. The van der Waals surface area contributed by atoms with Crippen LogP contribution in [0, 0.1) is 6.92 Å². The normalized spacial score (nSPS) is 17.5. The molecule has 1 atom stereocenters. The molecule has 0 bridgehead atoms. The molecule has 6 rings (SSSR count). The minimum Gasteiger partial charge on any atom is -0.507 e. The number of ketones is 1. The Morgan fingerprint density at radius 2 is 1.78 bits per heavy atom. The van der Waals surface area contributed by atoms with Crippen molar-refractivity contribution in [1.29, 1.82) is 0 Å². The first-order chi connectivity index (χ1) is 17.5. The fourth-order valence-corrected chi connectivity index (χ4v) is 6.17. The number of carbonyl (C=O) groups excluding carboxylic acids is 2. The SMILES string of the molecule is Cc1ccsc1C1/C(=C(/O)c2ccc3ccccc3c2)C(=O)C(=O)N1CCc1c[nH]c2ccccc12. The van der Waals surface area contributed by atoms with Crippen LogP contribution < -0.4 is 0 Å². The number of aromatic nitrogens is 1. The van der Waals surface area contributed by atoms with Gasteiger partial charge in [-0.15, -0.1) is 11.3 Å². The van der Waals surface area contributed by atoms with E-state index in [-0.39, 0.29) is 11.3 Å². The molecule has 1 aliphatic rings. The number of aliphatic hydroxyl groups is 1. The van der Waals surface area contributed by atoms with E-state index in [1.807, 2.05) is 79.2 Å². The van der Waals surface area contributed by atoms with Crippen molar-refractivity contribution in [1.82, 2.24) is 9.88 Å². The zero-order valence-electron chi connectivity index (χ0n) is 19.7. The Hall–Kier alpha value is -4.16. The molecule has 5 aromatic rings. The highest BCUT2D eigenvalue weighted by molar-refractivity contribution is 7.10. The Balaban J connectivity index is 1.43. The number of para-hydroxylation sites is 1. The molecular formula is C30H24N2O3S. The number of thiophene rings is 1. The highest BCUT2D eigenvalue weighted by atomic mass is 32.1. The van der Waals surface area contributed by atoms with Gasteiger partial charge in [-0.25, -0.2) is 0 Å². The largest absolute Gasteiger partial charge is 0.507 e. The van der Waals surface area contributed by atoms with Crippen LogP contribution in [0.5, 0.6) is 0 Å². The maximum absolute atomic E-state index is 13.4. The Bertz CT molecular complexity index is 1680. The van der Waals surface area contributed by atoms with Crippen LogP contribution in [-0.4, -0.2) is 33.2 Å². The molecule has 2 aromatic heterocycles. The molecule has 1 fully saturated rings. The van der Waals surface area contributed by atoms with E-state index >= 15 is 0 Å². The summed E-state index contributed by atoms with van der Waals surface area (Å²) in [6, 6.07) is 22.8. The summed E-state index contributed by atoms with van der Waals surface area (Å²) >= 11 is 1.50. The second-order valence-electron chi connectivity index (χ2n) is 9.13. The van der Waals surface area contributed by atoms with E-state index in [4.69, 9.17) is 0 Å². The van der Waals surface area contributed by atoms with Gasteiger partial charge in [0.05, 0.1) is 11.6 Å². The van der Waals surface area contributed by atoms with Gasteiger partial charge in [-0.2, -0.15) is 0 Å². The Morgan fingerprint density at radius 1 is 1.00 bits per heavy atom. The number of aryl methyl sites for hydroxylation is 1. The highest BCUT2D eigenvalue weighted by Gasteiger charge is 2.46. The lowest BCUT2D eigenvalue weighted by molar-refractivity contribution is -0.139. The summed E-state index contributed by atoms with van der Waals surface area (Å²) in [6.07, 6.45) is 2.55. The number of likely N-dealkylation sites (tertiary alicyclic amines) is 1. The van der Waals surface area contributed by atoms with Crippen molar-refractivity contribution < 1.29 is 14.7 Å². The van der Waals surface area contributed by atoms with Crippen LogP contribution in [0.2, 0.25) is 0 Å². The van der Waals surface area contributed by atoms with Crippen LogP contribution >= 0.6 is 11.3 Å². The molecule has 3 heterocycles. The Labute approximate surface area is 212 Å². The van der Waals surface area contributed by atoms with E-state index in [0.29, 0.717) is 18.5 Å². The fraction of sp³-hybridized carbons (Fsp3) is 0.133. The van der Waals surface area contributed by atoms with Gasteiger partial charge in [0.2, 0.25) is 0 Å². The van der Waals surface area contributed by atoms with Gasteiger partial charge in [-0.3, -0.25) is 9.59 Å². The molecule has 1 saturated heterocycles. The third kappa shape index (κ3) is 3.62. The number of hydrogen-bond acceptors (Lipinski definition) is 4. The van der Waals surface area contributed by atoms with Gasteiger partial charge in [0, 0.05) is 34.1 Å². The van der Waals surface area contributed by atoms with E-state index in [0.717, 1.165) is 37.7 Å². The highest BCUT2D eigenvalue weighted by Crippen LogP contribution is 2.43. The van der Waals surface area contributed by atoms with Crippen molar-refractivity contribution in [2.75, 3.05) is 6.54 Å². The third-order valence-electron chi connectivity index (χ3n) is 7.01. The maximum atomic E-state index is 13.4. The average Bonchev–Trinajstić information content (AvgIpc) is 3.58. The summed E-state index contributed by atoms with van der Waals surface area (Å²) in [4.78, 5) is 32.5. The van der Waals surface area contributed by atoms with Crippen molar-refractivity contribution >= 4 is 50.5 Å². The summed E-state index contributed by atoms with van der Waals surface area (Å²) in [5.41, 5.74) is 3.80. The summed E-state index contributed by atoms with van der Waals surface area (Å²) in [6.45, 7) is 2.34. The zero-order chi connectivity index (χ0) is 24.8. The molecule has 1 unspecified atom stereocenters. The Morgan fingerprint density at radius 3 is 2.58 bits per heavy atom. The molecule has 36 heavy (non-hydrogen) atoms. The van der Waals surface area contributed by atoms with Gasteiger partial charge >= 0.3 is 0 Å². The van der Waals surface area contributed by atoms with Gasteiger partial charge < -0.3 is 15.0 Å². The number of H-pyrrole nitrogens is 1. The van der Waals surface area contributed by atoms with Gasteiger partial charge in [0.1, 0.15) is 5.76 Å². The molecular weight excluding hydrogens is 468 g/mol. The number of fused-ring (bicyclic) bond motifs is 2. The second-order valence-corrected chi connectivity index (χ2v) is 10.1. The first-order valence-corrected chi connectivity index (χ1v) is 12.8. The molecule has 3 aromatic carbocycles. The molecule has 0 radical (unpaired) electrons. The van der Waals surface area contributed by atoms with Gasteiger partial charge in [0.25, 0.3) is 11.7 Å².